The predicted octanol–water partition coefficient (Wildman–Crippen LogP) is 1.54. The van der Waals surface area contributed by atoms with Crippen LogP contribution in [0.4, 0.5) is 0 Å². The minimum absolute atomic E-state index is 0.282. The van der Waals surface area contributed by atoms with Gasteiger partial charge in [0, 0.05) is 4.47 Å². The Morgan fingerprint density at radius 2 is 2.05 bits per heavy atom. The van der Waals surface area contributed by atoms with Gasteiger partial charge in [-0.15, -0.1) is 0 Å². The second-order valence-corrected chi connectivity index (χ2v) is 5.99. The molecule has 0 aromatic heterocycles. The number of amides is 1. The lowest BCUT2D eigenvalue weighted by Gasteiger charge is -2.18. The minimum Gasteiger partial charge on any atom is -0.483 e. The maximum absolute atomic E-state index is 11.5. The Kier molecular flexibility index (Phi) is 5.97. The molecule has 0 spiro atoms. The summed E-state index contributed by atoms with van der Waals surface area (Å²) in [6.45, 7) is 0.420. The molecule has 1 rings (SSSR count). The van der Waals surface area contributed by atoms with Crippen LogP contribution in [0.1, 0.15) is 6.92 Å². The van der Waals surface area contributed by atoms with Crippen molar-refractivity contribution in [3.63, 3.8) is 0 Å². The van der Waals surface area contributed by atoms with Gasteiger partial charge in [-0.1, -0.05) is 15.9 Å². The molecule has 0 radical (unpaired) electrons. The molecule has 110 valence electrons. The van der Waals surface area contributed by atoms with Crippen molar-refractivity contribution in [1.29, 1.82) is 0 Å². The van der Waals surface area contributed by atoms with E-state index in [9.17, 15) is 14.7 Å². The van der Waals surface area contributed by atoms with Crippen LogP contribution in [0.15, 0.2) is 27.1 Å². The fourth-order valence-corrected chi connectivity index (χ4v) is 2.29. The first-order chi connectivity index (χ1) is 9.22. The van der Waals surface area contributed by atoms with E-state index in [0.717, 1.165) is 11.4 Å². The molecule has 0 heterocycles. The molecule has 0 aliphatic rings. The molecule has 1 aromatic carbocycles. The zero-order chi connectivity index (χ0) is 15.3. The number of carboxylic acids is 1. The normalized spacial score (nSPS) is 13.4. The third kappa shape index (κ3) is 5.10. The first kappa shape index (κ1) is 16.9. The van der Waals surface area contributed by atoms with E-state index in [1.54, 1.807) is 18.2 Å². The molecule has 1 aromatic rings. The summed E-state index contributed by atoms with van der Waals surface area (Å²) in [5, 5.41) is 20.4. The summed E-state index contributed by atoms with van der Waals surface area (Å²) >= 11 is 6.57. The van der Waals surface area contributed by atoms with Crippen LogP contribution in [0.3, 0.4) is 0 Å². The summed E-state index contributed by atoms with van der Waals surface area (Å²) in [5.41, 5.74) is -2.01. The van der Waals surface area contributed by atoms with E-state index < -0.39 is 24.0 Å². The van der Waals surface area contributed by atoms with Gasteiger partial charge < -0.3 is 20.3 Å². The maximum Gasteiger partial charge on any atom is 0.337 e. The quantitative estimate of drug-likeness (QED) is 0.661. The second kappa shape index (κ2) is 7.05. The highest BCUT2D eigenvalue weighted by atomic mass is 79.9. The second-order valence-electron chi connectivity index (χ2n) is 4.22. The van der Waals surface area contributed by atoms with Gasteiger partial charge in [-0.05, 0) is 41.1 Å². The molecule has 8 heteroatoms. The first-order valence-corrected chi connectivity index (χ1v) is 7.11. The third-order valence-corrected chi connectivity index (χ3v) is 3.46. The molecule has 0 saturated heterocycles. The number of aliphatic hydroxyl groups is 1. The lowest BCUT2D eigenvalue weighted by atomic mass is 10.1. The van der Waals surface area contributed by atoms with Gasteiger partial charge in [0.1, 0.15) is 5.75 Å². The topological polar surface area (TPSA) is 95.9 Å². The Hall–Kier alpha value is -1.12. The monoisotopic (exact) mass is 409 g/mol. The zero-order valence-electron chi connectivity index (χ0n) is 10.5. The highest BCUT2D eigenvalue weighted by Crippen LogP contribution is 2.28. The van der Waals surface area contributed by atoms with Crippen LogP contribution in [0.5, 0.6) is 5.75 Å². The van der Waals surface area contributed by atoms with Gasteiger partial charge in [0.2, 0.25) is 0 Å². The SMILES string of the molecule is CC(O)(CNC(=O)COc1ccc(Br)cc1Br)C(=O)O. The number of ether oxygens (including phenoxy) is 1. The number of rotatable bonds is 6. The minimum atomic E-state index is -2.01. The van der Waals surface area contributed by atoms with Crippen LogP contribution in [0, 0.1) is 0 Å². The van der Waals surface area contributed by atoms with Crippen LogP contribution in [0.25, 0.3) is 0 Å². The van der Waals surface area contributed by atoms with Crippen molar-refractivity contribution in [3.05, 3.63) is 27.1 Å². The summed E-state index contributed by atoms with van der Waals surface area (Å²) in [4.78, 5) is 22.1. The highest BCUT2D eigenvalue weighted by Gasteiger charge is 2.30. The lowest BCUT2D eigenvalue weighted by Crippen LogP contribution is -2.47. The van der Waals surface area contributed by atoms with Gasteiger partial charge in [-0.25, -0.2) is 4.79 Å². The van der Waals surface area contributed by atoms with Gasteiger partial charge in [-0.2, -0.15) is 0 Å². The summed E-state index contributed by atoms with van der Waals surface area (Å²) < 4.78 is 6.81. The summed E-state index contributed by atoms with van der Waals surface area (Å²) in [5.74, 6) is -1.45. The lowest BCUT2D eigenvalue weighted by molar-refractivity contribution is -0.156. The van der Waals surface area contributed by atoms with Gasteiger partial charge in [0.15, 0.2) is 12.2 Å². The average Bonchev–Trinajstić information content (AvgIpc) is 2.35. The van der Waals surface area contributed by atoms with Crippen LogP contribution in [0.2, 0.25) is 0 Å². The maximum atomic E-state index is 11.5. The number of carbonyl (C=O) groups excluding carboxylic acids is 1. The van der Waals surface area contributed by atoms with Gasteiger partial charge in [0.05, 0.1) is 11.0 Å². The van der Waals surface area contributed by atoms with Gasteiger partial charge in [-0.3, -0.25) is 4.79 Å². The molecule has 0 aliphatic carbocycles. The standard InChI is InChI=1S/C12H13Br2NO5/c1-12(19,11(17)18)6-15-10(16)5-20-9-3-2-7(13)4-8(9)14/h2-4,19H,5-6H2,1H3,(H,15,16)(H,17,18). The van der Waals surface area contributed by atoms with Crippen molar-refractivity contribution in [2.75, 3.05) is 13.2 Å². The fraction of sp³-hybridized carbons (Fsp3) is 0.333. The number of hydrogen-bond donors (Lipinski definition) is 3. The Morgan fingerprint density at radius 3 is 2.60 bits per heavy atom. The Labute approximate surface area is 132 Å². The summed E-state index contributed by atoms with van der Waals surface area (Å²) in [6.07, 6.45) is 0. The smallest absolute Gasteiger partial charge is 0.337 e. The highest BCUT2D eigenvalue weighted by molar-refractivity contribution is 9.11. The van der Waals surface area contributed by atoms with Crippen molar-refractivity contribution < 1.29 is 24.5 Å². The number of hydrogen-bond acceptors (Lipinski definition) is 4. The average molecular weight is 411 g/mol. The Bertz CT molecular complexity index is 519. The van der Waals surface area contributed by atoms with Crippen molar-refractivity contribution in [2.24, 2.45) is 0 Å². The largest absolute Gasteiger partial charge is 0.483 e. The predicted molar refractivity (Wildman–Crippen MR) is 78.6 cm³/mol. The van der Waals surface area contributed by atoms with E-state index in [1.807, 2.05) is 0 Å². The number of nitrogens with one attached hydrogen (secondary N) is 1. The Balaban J connectivity index is 2.46. The van der Waals surface area contributed by atoms with E-state index >= 15 is 0 Å². The van der Waals surface area contributed by atoms with Crippen LogP contribution >= 0.6 is 31.9 Å². The van der Waals surface area contributed by atoms with Gasteiger partial charge in [0.25, 0.3) is 5.91 Å². The number of halogens is 2. The molecule has 6 nitrogen and oxygen atoms in total. The molecule has 1 unspecified atom stereocenters. The molecular weight excluding hydrogens is 398 g/mol. The number of benzene rings is 1. The molecule has 3 N–H and O–H groups in total. The molecular formula is C12H13Br2NO5. The van der Waals surface area contributed by atoms with Crippen LogP contribution in [-0.4, -0.2) is 40.8 Å². The van der Waals surface area contributed by atoms with E-state index in [2.05, 4.69) is 37.2 Å². The van der Waals surface area contributed by atoms with Crippen molar-refractivity contribution in [2.45, 2.75) is 12.5 Å². The summed E-state index contributed by atoms with van der Waals surface area (Å²) in [7, 11) is 0. The first-order valence-electron chi connectivity index (χ1n) is 5.52. The molecule has 0 saturated carbocycles. The van der Waals surface area contributed by atoms with Gasteiger partial charge >= 0.3 is 5.97 Å². The molecule has 0 bridgehead atoms. The van der Waals surface area contributed by atoms with Crippen LogP contribution in [-0.2, 0) is 9.59 Å². The zero-order valence-corrected chi connectivity index (χ0v) is 13.7. The molecule has 1 amide bonds. The van der Waals surface area contributed by atoms with E-state index in [1.165, 1.54) is 0 Å². The van der Waals surface area contributed by atoms with E-state index in [4.69, 9.17) is 9.84 Å². The molecule has 20 heavy (non-hydrogen) atoms. The molecule has 0 aliphatic heterocycles. The van der Waals surface area contributed by atoms with E-state index in [0.29, 0.717) is 10.2 Å². The van der Waals surface area contributed by atoms with Crippen molar-refractivity contribution >= 4 is 43.7 Å². The number of carboxylic acid groups (broad SMARTS) is 1. The van der Waals surface area contributed by atoms with Crippen molar-refractivity contribution in [1.82, 2.24) is 5.32 Å². The molecule has 1 atom stereocenters. The Morgan fingerprint density at radius 1 is 1.40 bits per heavy atom. The van der Waals surface area contributed by atoms with Crippen LogP contribution < -0.4 is 10.1 Å². The summed E-state index contributed by atoms with van der Waals surface area (Å²) in [6, 6.07) is 5.20. The van der Waals surface area contributed by atoms with E-state index in [-0.39, 0.29) is 6.61 Å². The fourth-order valence-electron chi connectivity index (χ4n) is 1.13. The number of aliphatic carboxylic acids is 1. The molecule has 0 fully saturated rings. The van der Waals surface area contributed by atoms with Crippen molar-refractivity contribution in [3.8, 4) is 5.75 Å². The number of carbonyl (C=O) groups is 2. The third-order valence-electron chi connectivity index (χ3n) is 2.34.